The van der Waals surface area contributed by atoms with E-state index in [1.54, 1.807) is 4.90 Å². The van der Waals surface area contributed by atoms with E-state index in [1.807, 2.05) is 4.90 Å². The molecule has 0 spiro atoms. The molecule has 0 unspecified atom stereocenters. The summed E-state index contributed by atoms with van der Waals surface area (Å²) in [6, 6.07) is 3.53. The van der Waals surface area contributed by atoms with Gasteiger partial charge in [-0.1, -0.05) is 17.7 Å². The van der Waals surface area contributed by atoms with Gasteiger partial charge in [0.25, 0.3) is 0 Å². The number of alkyl halides is 3. The Bertz CT molecular complexity index is 781. The average molecular weight is 429 g/mol. The highest BCUT2D eigenvalue weighted by atomic mass is 35.5. The summed E-state index contributed by atoms with van der Waals surface area (Å²) in [6.45, 7) is 2.59. The molecule has 0 N–H and O–H groups in total. The van der Waals surface area contributed by atoms with Crippen LogP contribution in [-0.2, 0) is 15.8 Å². The molecule has 2 aliphatic heterocycles. The van der Waals surface area contributed by atoms with Gasteiger partial charge in [-0.05, 0) is 55.9 Å². The molecule has 29 heavy (non-hydrogen) atoms. The zero-order chi connectivity index (χ0) is 21.0. The number of hydrogen-bond donors (Lipinski definition) is 0. The van der Waals surface area contributed by atoms with Gasteiger partial charge in [0.1, 0.15) is 0 Å². The van der Waals surface area contributed by atoms with E-state index in [4.69, 9.17) is 11.6 Å². The van der Waals surface area contributed by atoms with Crippen molar-refractivity contribution in [2.75, 3.05) is 26.2 Å². The van der Waals surface area contributed by atoms with E-state index in [1.165, 1.54) is 30.7 Å². The van der Waals surface area contributed by atoms with Crippen molar-refractivity contribution in [3.8, 4) is 0 Å². The Hall–Kier alpha value is -2.02. The van der Waals surface area contributed by atoms with Gasteiger partial charge in [-0.3, -0.25) is 9.59 Å². The van der Waals surface area contributed by atoms with Gasteiger partial charge in [-0.2, -0.15) is 13.2 Å². The molecule has 2 saturated heterocycles. The van der Waals surface area contributed by atoms with Gasteiger partial charge in [-0.15, -0.1) is 0 Å². The predicted molar refractivity (Wildman–Crippen MR) is 105 cm³/mol. The molecule has 1 aromatic carbocycles. The quantitative estimate of drug-likeness (QED) is 0.659. The van der Waals surface area contributed by atoms with Crippen LogP contribution in [0.2, 0.25) is 5.02 Å². The van der Waals surface area contributed by atoms with Gasteiger partial charge in [0, 0.05) is 38.2 Å². The van der Waals surface area contributed by atoms with E-state index in [2.05, 4.69) is 0 Å². The van der Waals surface area contributed by atoms with Crippen molar-refractivity contribution in [3.05, 3.63) is 40.4 Å². The number of piperidine rings is 2. The second-order valence-corrected chi connectivity index (χ2v) is 7.96. The van der Waals surface area contributed by atoms with Crippen LogP contribution in [0.1, 0.15) is 43.2 Å². The lowest BCUT2D eigenvalue weighted by Gasteiger charge is -2.35. The maximum Gasteiger partial charge on any atom is 0.417 e. The third kappa shape index (κ3) is 5.53. The Morgan fingerprint density at radius 2 is 1.66 bits per heavy atom. The van der Waals surface area contributed by atoms with E-state index in [0.717, 1.165) is 32.0 Å². The van der Waals surface area contributed by atoms with Crippen molar-refractivity contribution in [2.24, 2.45) is 5.92 Å². The Labute approximate surface area is 173 Å². The Balaban J connectivity index is 1.55. The number of rotatable bonds is 3. The molecule has 1 aromatic rings. The second kappa shape index (κ2) is 9.20. The molecule has 158 valence electrons. The smallest absolute Gasteiger partial charge is 0.342 e. The highest BCUT2D eigenvalue weighted by Gasteiger charge is 2.33. The fraction of sp³-hybridized carbons (Fsp3) is 0.524. The monoisotopic (exact) mass is 428 g/mol. The van der Waals surface area contributed by atoms with Crippen molar-refractivity contribution in [1.29, 1.82) is 0 Å². The summed E-state index contributed by atoms with van der Waals surface area (Å²) in [7, 11) is 0. The summed E-state index contributed by atoms with van der Waals surface area (Å²) >= 11 is 5.61. The van der Waals surface area contributed by atoms with Crippen LogP contribution in [-0.4, -0.2) is 47.8 Å². The van der Waals surface area contributed by atoms with E-state index < -0.39 is 11.7 Å². The number of likely N-dealkylation sites (tertiary alicyclic amines) is 2. The zero-order valence-corrected chi connectivity index (χ0v) is 16.8. The Kier molecular flexibility index (Phi) is 6.88. The summed E-state index contributed by atoms with van der Waals surface area (Å²) in [5.74, 6) is -0.127. The van der Waals surface area contributed by atoms with Gasteiger partial charge in [0.05, 0.1) is 10.6 Å². The molecule has 3 rings (SSSR count). The largest absolute Gasteiger partial charge is 0.417 e. The zero-order valence-electron chi connectivity index (χ0n) is 16.1. The summed E-state index contributed by atoms with van der Waals surface area (Å²) in [6.07, 6.45) is 2.59. The first-order chi connectivity index (χ1) is 13.8. The van der Waals surface area contributed by atoms with Crippen LogP contribution in [0, 0.1) is 5.92 Å². The maximum atomic E-state index is 12.9. The molecule has 2 aliphatic rings. The van der Waals surface area contributed by atoms with Crippen LogP contribution >= 0.6 is 11.6 Å². The van der Waals surface area contributed by atoms with E-state index in [-0.39, 0.29) is 28.3 Å². The highest BCUT2D eigenvalue weighted by Crippen LogP contribution is 2.35. The lowest BCUT2D eigenvalue weighted by Crippen LogP contribution is -2.45. The normalized spacial score (nSPS) is 19.0. The first-order valence-corrected chi connectivity index (χ1v) is 10.3. The summed E-state index contributed by atoms with van der Waals surface area (Å²) in [4.78, 5) is 28.6. The van der Waals surface area contributed by atoms with Crippen molar-refractivity contribution in [3.63, 3.8) is 0 Å². The highest BCUT2D eigenvalue weighted by molar-refractivity contribution is 6.31. The van der Waals surface area contributed by atoms with Crippen LogP contribution < -0.4 is 0 Å². The first kappa shape index (κ1) is 21.7. The predicted octanol–water partition coefficient (Wildman–Crippen LogP) is 4.62. The van der Waals surface area contributed by atoms with E-state index in [0.29, 0.717) is 25.9 Å². The molecule has 0 bridgehead atoms. The van der Waals surface area contributed by atoms with Gasteiger partial charge in [0.15, 0.2) is 0 Å². The molecule has 0 aromatic heterocycles. The van der Waals surface area contributed by atoms with Gasteiger partial charge in [-0.25, -0.2) is 0 Å². The number of halogens is 4. The Morgan fingerprint density at radius 3 is 2.28 bits per heavy atom. The fourth-order valence-corrected chi connectivity index (χ4v) is 4.08. The van der Waals surface area contributed by atoms with Crippen molar-refractivity contribution >= 4 is 29.5 Å². The van der Waals surface area contributed by atoms with Crippen LogP contribution in [0.3, 0.4) is 0 Å². The minimum absolute atomic E-state index is 0.0493. The average Bonchev–Trinajstić information content (AvgIpc) is 2.72. The molecule has 2 fully saturated rings. The maximum absolute atomic E-state index is 12.9. The molecule has 0 aliphatic carbocycles. The number of benzene rings is 1. The minimum atomic E-state index is -4.55. The lowest BCUT2D eigenvalue weighted by molar-refractivity contribution is -0.140. The topological polar surface area (TPSA) is 40.6 Å². The third-order valence-electron chi connectivity index (χ3n) is 5.54. The molecule has 8 heteroatoms. The molecule has 2 heterocycles. The molecule has 2 amide bonds. The third-order valence-corrected chi connectivity index (χ3v) is 5.87. The van der Waals surface area contributed by atoms with Gasteiger partial charge < -0.3 is 9.80 Å². The second-order valence-electron chi connectivity index (χ2n) is 7.56. The van der Waals surface area contributed by atoms with Gasteiger partial charge in [0.2, 0.25) is 11.8 Å². The van der Waals surface area contributed by atoms with Crippen LogP contribution in [0.25, 0.3) is 6.08 Å². The minimum Gasteiger partial charge on any atom is -0.342 e. The fourth-order valence-electron chi connectivity index (χ4n) is 3.86. The van der Waals surface area contributed by atoms with E-state index >= 15 is 0 Å². The lowest BCUT2D eigenvalue weighted by atomic mass is 9.94. The van der Waals surface area contributed by atoms with Crippen molar-refractivity contribution in [1.82, 2.24) is 9.80 Å². The van der Waals surface area contributed by atoms with Gasteiger partial charge >= 0.3 is 6.18 Å². The van der Waals surface area contributed by atoms with Crippen molar-refractivity contribution in [2.45, 2.75) is 38.3 Å². The van der Waals surface area contributed by atoms with Crippen LogP contribution in [0.4, 0.5) is 13.2 Å². The molecular formula is C21H24ClF3N2O2. The number of hydrogen-bond acceptors (Lipinski definition) is 2. The molecule has 0 radical (unpaired) electrons. The van der Waals surface area contributed by atoms with E-state index in [9.17, 15) is 22.8 Å². The van der Waals surface area contributed by atoms with Crippen LogP contribution in [0.15, 0.2) is 24.3 Å². The number of carbonyl (C=O) groups is 2. The SMILES string of the molecule is O=C(/C=C/c1ccc(Cl)c(C(F)(F)F)c1)N1CCC(C(=O)N2CCCCC2)CC1. The molecule has 4 nitrogen and oxygen atoms in total. The molecular weight excluding hydrogens is 405 g/mol. The van der Waals surface area contributed by atoms with Crippen molar-refractivity contribution < 1.29 is 22.8 Å². The first-order valence-electron chi connectivity index (χ1n) is 9.88. The summed E-state index contributed by atoms with van der Waals surface area (Å²) < 4.78 is 38.8. The summed E-state index contributed by atoms with van der Waals surface area (Å²) in [5, 5.41) is -0.374. The standard InChI is InChI=1S/C21H24ClF3N2O2/c22-18-6-4-15(14-17(18)21(23,24)25)5-7-19(28)26-12-8-16(9-13-26)20(29)27-10-2-1-3-11-27/h4-7,14,16H,1-3,8-13H2/b7-5+. The number of carbonyl (C=O) groups excluding carboxylic acids is 2. The van der Waals surface area contributed by atoms with Crippen LogP contribution in [0.5, 0.6) is 0 Å². The Morgan fingerprint density at radius 1 is 1.00 bits per heavy atom. The molecule has 0 saturated carbocycles. The molecule has 0 atom stereocenters. The number of nitrogens with zero attached hydrogens (tertiary/aromatic N) is 2. The summed E-state index contributed by atoms with van der Waals surface area (Å²) in [5.41, 5.74) is -0.670. The number of amides is 2.